The molecular weight excluding hydrogens is 358 g/mol. The Hall–Kier alpha value is -3.61. The van der Waals surface area contributed by atoms with Gasteiger partial charge in [0.05, 0.1) is 16.8 Å². The molecule has 0 bridgehead atoms. The third-order valence-electron chi connectivity index (χ3n) is 5.12. The molecule has 7 nitrogen and oxygen atoms in total. The average molecular weight is 377 g/mol. The number of hydrogen-bond acceptors (Lipinski definition) is 4. The number of aromatic nitrogens is 1. The second kappa shape index (κ2) is 6.53. The second-order valence-corrected chi connectivity index (χ2v) is 6.84. The molecule has 1 aliphatic heterocycles. The van der Waals surface area contributed by atoms with E-state index in [1.165, 1.54) is 7.05 Å². The van der Waals surface area contributed by atoms with Gasteiger partial charge in [0.2, 0.25) is 0 Å². The lowest BCUT2D eigenvalue weighted by molar-refractivity contribution is 0.0964. The predicted octanol–water partition coefficient (Wildman–Crippen LogP) is 2.44. The molecule has 2 amide bonds. The third-order valence-corrected chi connectivity index (χ3v) is 5.12. The number of rotatable bonds is 3. The minimum atomic E-state index is -0.756. The number of aromatic hydroxyl groups is 1. The van der Waals surface area contributed by atoms with Gasteiger partial charge in [-0.05, 0) is 37.1 Å². The van der Waals surface area contributed by atoms with E-state index in [-0.39, 0.29) is 34.5 Å². The number of pyridine rings is 1. The maximum Gasteiger partial charge on any atom is 0.268 e. The van der Waals surface area contributed by atoms with Crippen molar-refractivity contribution in [1.82, 2.24) is 9.88 Å². The molecule has 1 atom stereocenters. The zero-order valence-corrected chi connectivity index (χ0v) is 15.4. The van der Waals surface area contributed by atoms with Crippen molar-refractivity contribution < 1.29 is 14.7 Å². The number of para-hydroxylation sites is 2. The molecule has 0 saturated carbocycles. The van der Waals surface area contributed by atoms with Crippen LogP contribution in [0.1, 0.15) is 39.2 Å². The SMILES string of the molecule is CNC(=O)c1ccccc1NC(=O)c1c(O)c2cccc3c2n(c1=O)[C@H](C)C3. The summed E-state index contributed by atoms with van der Waals surface area (Å²) >= 11 is 0. The molecule has 0 saturated heterocycles. The summed E-state index contributed by atoms with van der Waals surface area (Å²) < 4.78 is 1.56. The Morgan fingerprint density at radius 2 is 1.86 bits per heavy atom. The van der Waals surface area contributed by atoms with E-state index in [4.69, 9.17) is 0 Å². The minimum Gasteiger partial charge on any atom is -0.506 e. The van der Waals surface area contributed by atoms with Crippen molar-refractivity contribution >= 4 is 28.4 Å². The lowest BCUT2D eigenvalue weighted by atomic mass is 10.1. The van der Waals surface area contributed by atoms with Crippen LogP contribution >= 0.6 is 0 Å². The Labute approximate surface area is 160 Å². The van der Waals surface area contributed by atoms with E-state index in [2.05, 4.69) is 10.6 Å². The highest BCUT2D eigenvalue weighted by Crippen LogP contribution is 2.36. The van der Waals surface area contributed by atoms with Gasteiger partial charge in [-0.15, -0.1) is 0 Å². The fourth-order valence-corrected chi connectivity index (χ4v) is 3.83. The van der Waals surface area contributed by atoms with E-state index in [9.17, 15) is 19.5 Å². The first-order chi connectivity index (χ1) is 13.4. The number of carbonyl (C=O) groups excluding carboxylic acids is 2. The molecule has 0 radical (unpaired) electrons. The maximum absolute atomic E-state index is 13.0. The Bertz CT molecular complexity index is 1200. The Balaban J connectivity index is 1.85. The Morgan fingerprint density at radius 3 is 2.61 bits per heavy atom. The molecule has 3 aromatic rings. The highest BCUT2D eigenvalue weighted by atomic mass is 16.3. The smallest absolute Gasteiger partial charge is 0.268 e. The van der Waals surface area contributed by atoms with Crippen molar-refractivity contribution in [2.24, 2.45) is 0 Å². The van der Waals surface area contributed by atoms with Crippen molar-refractivity contribution in [3.05, 3.63) is 69.5 Å². The standard InChI is InChI=1S/C21H19N3O4/c1-11-10-12-6-5-8-14-17(12)24(11)21(28)16(18(14)25)20(27)23-15-9-4-3-7-13(15)19(26)22-2/h3-9,11,25H,10H2,1-2H3,(H,22,26)(H,23,27)/t11-/m1/s1. The van der Waals surface area contributed by atoms with E-state index < -0.39 is 11.5 Å². The monoisotopic (exact) mass is 377 g/mol. The normalized spacial score (nSPS) is 14.9. The summed E-state index contributed by atoms with van der Waals surface area (Å²) in [7, 11) is 1.49. The Kier molecular flexibility index (Phi) is 4.15. The van der Waals surface area contributed by atoms with Crippen LogP contribution in [0.2, 0.25) is 0 Å². The van der Waals surface area contributed by atoms with Crippen molar-refractivity contribution in [3.63, 3.8) is 0 Å². The summed E-state index contributed by atoms with van der Waals surface area (Å²) in [6.45, 7) is 1.90. The maximum atomic E-state index is 13.0. The predicted molar refractivity (Wildman–Crippen MR) is 106 cm³/mol. The summed E-state index contributed by atoms with van der Waals surface area (Å²) in [5, 5.41) is 16.3. The zero-order chi connectivity index (χ0) is 20.0. The molecule has 4 rings (SSSR count). The lowest BCUT2D eigenvalue weighted by Gasteiger charge is -2.15. The van der Waals surface area contributed by atoms with Crippen molar-refractivity contribution in [2.75, 3.05) is 12.4 Å². The van der Waals surface area contributed by atoms with Gasteiger partial charge >= 0.3 is 0 Å². The first kappa shape index (κ1) is 17.8. The van der Waals surface area contributed by atoms with E-state index in [0.717, 1.165) is 5.56 Å². The molecule has 28 heavy (non-hydrogen) atoms. The van der Waals surface area contributed by atoms with Gasteiger partial charge < -0.3 is 20.3 Å². The van der Waals surface area contributed by atoms with Gasteiger partial charge in [-0.1, -0.05) is 24.3 Å². The topological polar surface area (TPSA) is 100 Å². The number of amides is 2. The molecule has 0 spiro atoms. The molecule has 0 unspecified atom stereocenters. The van der Waals surface area contributed by atoms with Crippen LogP contribution in [0.3, 0.4) is 0 Å². The summed E-state index contributed by atoms with van der Waals surface area (Å²) in [6.07, 6.45) is 0.663. The van der Waals surface area contributed by atoms with Gasteiger partial charge in [-0.25, -0.2) is 0 Å². The largest absolute Gasteiger partial charge is 0.506 e. The molecule has 142 valence electrons. The third kappa shape index (κ3) is 2.55. The molecule has 7 heteroatoms. The summed E-state index contributed by atoms with van der Waals surface area (Å²) in [4.78, 5) is 38.0. The van der Waals surface area contributed by atoms with Crippen molar-refractivity contribution in [1.29, 1.82) is 0 Å². The van der Waals surface area contributed by atoms with Crippen molar-refractivity contribution in [2.45, 2.75) is 19.4 Å². The Morgan fingerprint density at radius 1 is 1.11 bits per heavy atom. The van der Waals surface area contributed by atoms with E-state index in [1.807, 2.05) is 13.0 Å². The van der Waals surface area contributed by atoms with Gasteiger partial charge in [-0.3, -0.25) is 14.4 Å². The summed E-state index contributed by atoms with van der Waals surface area (Å²) in [5.74, 6) is -1.47. The number of carbonyl (C=O) groups is 2. The fourth-order valence-electron chi connectivity index (χ4n) is 3.83. The highest BCUT2D eigenvalue weighted by molar-refractivity contribution is 6.12. The second-order valence-electron chi connectivity index (χ2n) is 6.84. The van der Waals surface area contributed by atoms with E-state index in [1.54, 1.807) is 41.0 Å². The molecule has 0 fully saturated rings. The molecule has 1 aromatic heterocycles. The van der Waals surface area contributed by atoms with Crippen LogP contribution in [0.5, 0.6) is 5.75 Å². The van der Waals surface area contributed by atoms with Crippen molar-refractivity contribution in [3.8, 4) is 5.75 Å². The molecule has 0 aliphatic carbocycles. The number of benzene rings is 2. The van der Waals surface area contributed by atoms with Crippen LogP contribution in [-0.4, -0.2) is 28.5 Å². The number of nitrogens with zero attached hydrogens (tertiary/aromatic N) is 1. The van der Waals surface area contributed by atoms with Gasteiger partial charge in [0, 0.05) is 18.5 Å². The number of nitrogens with one attached hydrogen (secondary N) is 2. The molecule has 3 N–H and O–H groups in total. The minimum absolute atomic E-state index is 0.113. The summed E-state index contributed by atoms with van der Waals surface area (Å²) in [5.41, 5.74) is 1.28. The van der Waals surface area contributed by atoms with E-state index in [0.29, 0.717) is 17.3 Å². The molecule has 2 heterocycles. The first-order valence-electron chi connectivity index (χ1n) is 8.95. The van der Waals surface area contributed by atoms with Gasteiger partial charge in [-0.2, -0.15) is 0 Å². The number of hydrogen-bond donors (Lipinski definition) is 3. The van der Waals surface area contributed by atoms with Crippen LogP contribution < -0.4 is 16.2 Å². The van der Waals surface area contributed by atoms with Crippen LogP contribution in [0.4, 0.5) is 5.69 Å². The van der Waals surface area contributed by atoms with Crippen LogP contribution in [0.15, 0.2) is 47.3 Å². The molecule has 1 aliphatic rings. The number of anilines is 1. The highest BCUT2D eigenvalue weighted by Gasteiger charge is 2.29. The van der Waals surface area contributed by atoms with Gasteiger partial charge in [0.1, 0.15) is 11.3 Å². The quantitative estimate of drug-likeness (QED) is 0.653. The first-order valence-corrected chi connectivity index (χ1v) is 8.95. The molecular formula is C21H19N3O4. The van der Waals surface area contributed by atoms with Crippen LogP contribution in [-0.2, 0) is 6.42 Å². The summed E-state index contributed by atoms with van der Waals surface area (Å²) in [6, 6.07) is 11.8. The zero-order valence-electron chi connectivity index (χ0n) is 15.4. The molecule has 2 aromatic carbocycles. The fraction of sp³-hybridized carbons (Fsp3) is 0.190. The van der Waals surface area contributed by atoms with Gasteiger partial charge in [0.15, 0.2) is 0 Å². The van der Waals surface area contributed by atoms with Gasteiger partial charge in [0.25, 0.3) is 17.4 Å². The van der Waals surface area contributed by atoms with E-state index >= 15 is 0 Å². The van der Waals surface area contributed by atoms with Crippen LogP contribution in [0.25, 0.3) is 10.9 Å². The van der Waals surface area contributed by atoms with Crippen LogP contribution in [0, 0.1) is 0 Å². The lowest BCUT2D eigenvalue weighted by Crippen LogP contribution is -2.30. The average Bonchev–Trinajstić information content (AvgIpc) is 3.03.